The van der Waals surface area contributed by atoms with Gasteiger partial charge in [0.05, 0.1) is 22.2 Å². The van der Waals surface area contributed by atoms with Crippen LogP contribution in [0.2, 0.25) is 5.02 Å². The molecule has 186 valence electrons. The molecule has 1 aromatic heterocycles. The molecule has 0 fully saturated rings. The van der Waals surface area contributed by atoms with Crippen molar-refractivity contribution in [3.8, 4) is 5.69 Å². The molecule has 6 nitrogen and oxygen atoms in total. The summed E-state index contributed by atoms with van der Waals surface area (Å²) >= 11 is 6.10. The van der Waals surface area contributed by atoms with E-state index in [1.165, 1.54) is 30.3 Å². The van der Waals surface area contributed by atoms with Crippen molar-refractivity contribution in [1.29, 1.82) is 0 Å². The third-order valence-corrected chi connectivity index (χ3v) is 6.14. The van der Waals surface area contributed by atoms with E-state index in [1.54, 1.807) is 18.2 Å². The van der Waals surface area contributed by atoms with Crippen molar-refractivity contribution in [1.82, 2.24) is 14.5 Å². The normalized spacial score (nSPS) is 11.6. The van der Waals surface area contributed by atoms with Gasteiger partial charge in [0, 0.05) is 11.6 Å². The summed E-state index contributed by atoms with van der Waals surface area (Å²) < 4.78 is 41.0. The summed E-state index contributed by atoms with van der Waals surface area (Å²) in [7, 11) is 0. The number of halogens is 4. The Balaban J connectivity index is 1.72. The summed E-state index contributed by atoms with van der Waals surface area (Å²) in [5.41, 5.74) is 0.497. The van der Waals surface area contributed by atoms with Gasteiger partial charge in [-0.3, -0.25) is 14.2 Å². The number of nitrogens with one attached hydrogen (secondary N) is 1. The number of hydrogen-bond donors (Lipinski definition) is 1. The van der Waals surface area contributed by atoms with Crippen LogP contribution in [-0.4, -0.2) is 15.0 Å². The Morgan fingerprint density at radius 1 is 0.972 bits per heavy atom. The number of aryl methyl sites for hydroxylation is 2. The molecular weight excluding hydrogens is 495 g/mol. The van der Waals surface area contributed by atoms with Gasteiger partial charge in [0.2, 0.25) is 5.91 Å². The van der Waals surface area contributed by atoms with Crippen molar-refractivity contribution in [3.63, 3.8) is 0 Å². The van der Waals surface area contributed by atoms with Gasteiger partial charge in [-0.2, -0.15) is 13.2 Å². The number of rotatable bonds is 5. The van der Waals surface area contributed by atoms with Gasteiger partial charge in [-0.1, -0.05) is 29.8 Å². The highest BCUT2D eigenvalue weighted by atomic mass is 35.5. The van der Waals surface area contributed by atoms with E-state index < -0.39 is 35.4 Å². The Morgan fingerprint density at radius 3 is 2.42 bits per heavy atom. The van der Waals surface area contributed by atoms with Crippen LogP contribution in [0.4, 0.5) is 13.2 Å². The largest absolute Gasteiger partial charge is 0.416 e. The van der Waals surface area contributed by atoms with E-state index in [0.29, 0.717) is 5.69 Å². The first-order valence-electron chi connectivity index (χ1n) is 10.9. The van der Waals surface area contributed by atoms with Crippen molar-refractivity contribution in [2.75, 3.05) is 0 Å². The van der Waals surface area contributed by atoms with Gasteiger partial charge in [0.1, 0.15) is 6.54 Å². The van der Waals surface area contributed by atoms with Crippen LogP contribution in [0, 0.1) is 13.8 Å². The maximum absolute atomic E-state index is 13.5. The van der Waals surface area contributed by atoms with Crippen molar-refractivity contribution < 1.29 is 18.0 Å². The monoisotopic (exact) mass is 515 g/mol. The van der Waals surface area contributed by atoms with E-state index in [0.717, 1.165) is 32.4 Å². The Hall–Kier alpha value is -3.85. The van der Waals surface area contributed by atoms with Crippen molar-refractivity contribution in [2.24, 2.45) is 0 Å². The molecule has 0 spiro atoms. The molecule has 1 amide bonds. The smallest absolute Gasteiger partial charge is 0.350 e. The van der Waals surface area contributed by atoms with Gasteiger partial charge in [0.25, 0.3) is 5.56 Å². The van der Waals surface area contributed by atoms with Crippen LogP contribution >= 0.6 is 11.6 Å². The second-order valence-corrected chi connectivity index (χ2v) is 8.85. The molecule has 1 N–H and O–H groups in total. The summed E-state index contributed by atoms with van der Waals surface area (Å²) in [5.74, 6) is -0.624. The van der Waals surface area contributed by atoms with Gasteiger partial charge < -0.3 is 5.32 Å². The maximum atomic E-state index is 13.5. The molecule has 1 heterocycles. The molecule has 0 saturated carbocycles. The van der Waals surface area contributed by atoms with Gasteiger partial charge in [-0.25, -0.2) is 9.36 Å². The zero-order chi connectivity index (χ0) is 26.2. The molecule has 0 radical (unpaired) electrons. The predicted octanol–water partition coefficient (Wildman–Crippen LogP) is 4.76. The molecule has 0 aliphatic carbocycles. The first-order chi connectivity index (χ1) is 17.0. The summed E-state index contributed by atoms with van der Waals surface area (Å²) in [6.07, 6.45) is -4.51. The minimum absolute atomic E-state index is 0.173. The first kappa shape index (κ1) is 25.2. The van der Waals surface area contributed by atoms with Crippen LogP contribution in [-0.2, 0) is 24.1 Å². The van der Waals surface area contributed by atoms with Crippen LogP contribution in [0.5, 0.6) is 0 Å². The van der Waals surface area contributed by atoms with E-state index in [1.807, 2.05) is 13.8 Å². The van der Waals surface area contributed by atoms with Crippen molar-refractivity contribution >= 4 is 28.4 Å². The molecule has 4 aromatic rings. The summed E-state index contributed by atoms with van der Waals surface area (Å²) in [6, 6.07) is 14.1. The minimum Gasteiger partial charge on any atom is -0.350 e. The highest BCUT2D eigenvalue weighted by molar-refractivity contribution is 6.31. The Morgan fingerprint density at radius 2 is 1.72 bits per heavy atom. The van der Waals surface area contributed by atoms with Gasteiger partial charge in [-0.05, 0) is 73.0 Å². The third kappa shape index (κ3) is 5.06. The summed E-state index contributed by atoms with van der Waals surface area (Å²) in [5, 5.41) is 2.99. The lowest BCUT2D eigenvalue weighted by atomic mass is 10.1. The number of hydrogen-bond acceptors (Lipinski definition) is 3. The average Bonchev–Trinajstić information content (AvgIpc) is 2.82. The minimum atomic E-state index is -4.51. The van der Waals surface area contributed by atoms with Gasteiger partial charge in [-0.15, -0.1) is 0 Å². The average molecular weight is 516 g/mol. The standard InChI is InChI=1S/C26H21ClF3N3O3/c1-15-6-8-20(10-16(15)2)33-24(35)21-9-7-19(27)12-22(21)32(25(33)36)14-23(34)31-13-17-4-3-5-18(11-17)26(28,29)30/h3-12H,13-14H2,1-2H3,(H,31,34). The summed E-state index contributed by atoms with van der Waals surface area (Å²) in [6.45, 7) is 3.11. The second kappa shape index (κ2) is 9.66. The van der Waals surface area contributed by atoms with E-state index in [2.05, 4.69) is 5.32 Å². The predicted molar refractivity (Wildman–Crippen MR) is 132 cm³/mol. The van der Waals surface area contributed by atoms with Crippen molar-refractivity contribution in [2.45, 2.75) is 33.1 Å². The lowest BCUT2D eigenvalue weighted by molar-refractivity contribution is -0.137. The fraction of sp³-hybridized carbons (Fsp3) is 0.192. The molecule has 10 heteroatoms. The highest BCUT2D eigenvalue weighted by Crippen LogP contribution is 2.29. The molecule has 4 rings (SSSR count). The molecule has 0 unspecified atom stereocenters. The lowest BCUT2D eigenvalue weighted by Crippen LogP contribution is -2.41. The lowest BCUT2D eigenvalue weighted by Gasteiger charge is -2.15. The molecule has 0 bridgehead atoms. The van der Waals surface area contributed by atoms with Crippen LogP contribution in [0.1, 0.15) is 22.3 Å². The number of amides is 1. The molecule has 0 aliphatic heterocycles. The third-order valence-electron chi connectivity index (χ3n) is 5.90. The Bertz CT molecular complexity index is 1610. The quantitative estimate of drug-likeness (QED) is 0.416. The van der Waals surface area contributed by atoms with Gasteiger partial charge >= 0.3 is 11.9 Å². The molecule has 0 atom stereocenters. The molecule has 0 saturated heterocycles. The first-order valence-corrected chi connectivity index (χ1v) is 11.3. The van der Waals surface area contributed by atoms with E-state index >= 15 is 0 Å². The molecule has 0 aliphatic rings. The molecule has 36 heavy (non-hydrogen) atoms. The van der Waals surface area contributed by atoms with Crippen LogP contribution in [0.25, 0.3) is 16.6 Å². The van der Waals surface area contributed by atoms with Crippen LogP contribution < -0.4 is 16.6 Å². The second-order valence-electron chi connectivity index (χ2n) is 8.41. The zero-order valence-electron chi connectivity index (χ0n) is 19.3. The fourth-order valence-corrected chi connectivity index (χ4v) is 4.01. The fourth-order valence-electron chi connectivity index (χ4n) is 3.84. The number of alkyl halides is 3. The number of aromatic nitrogens is 2. The number of benzene rings is 3. The Kier molecular flexibility index (Phi) is 6.77. The van der Waals surface area contributed by atoms with E-state index in [4.69, 9.17) is 11.6 Å². The van der Waals surface area contributed by atoms with Crippen molar-refractivity contribution in [3.05, 3.63) is 109 Å². The van der Waals surface area contributed by atoms with E-state index in [-0.39, 0.29) is 28.0 Å². The SMILES string of the molecule is Cc1ccc(-n2c(=O)c3ccc(Cl)cc3n(CC(=O)NCc3cccc(C(F)(F)F)c3)c2=O)cc1C. The van der Waals surface area contributed by atoms with Crippen LogP contribution in [0.15, 0.2) is 70.3 Å². The van der Waals surface area contributed by atoms with Gasteiger partial charge in [0.15, 0.2) is 0 Å². The topological polar surface area (TPSA) is 73.1 Å². The summed E-state index contributed by atoms with van der Waals surface area (Å²) in [4.78, 5) is 39.5. The number of carbonyl (C=O) groups excluding carboxylic acids is 1. The number of nitrogens with zero attached hydrogens (tertiary/aromatic N) is 2. The van der Waals surface area contributed by atoms with E-state index in [9.17, 15) is 27.6 Å². The highest BCUT2D eigenvalue weighted by Gasteiger charge is 2.30. The Labute approximate surface area is 208 Å². The zero-order valence-corrected chi connectivity index (χ0v) is 20.1. The van der Waals surface area contributed by atoms with Crippen LogP contribution in [0.3, 0.4) is 0 Å². The molecular formula is C26H21ClF3N3O3. The maximum Gasteiger partial charge on any atom is 0.416 e. The number of fused-ring (bicyclic) bond motifs is 1. The number of carbonyl (C=O) groups is 1. The molecule has 3 aromatic carbocycles.